The van der Waals surface area contributed by atoms with Gasteiger partial charge in [0, 0.05) is 30.5 Å². The SMILES string of the molecule is CCOC(=O)c1[nH]c(C)c(C(=O)C(C)N(CCOC)C(=O)NC(C)(C)C)c1C. The number of nitrogens with zero attached hydrogens (tertiary/aromatic N) is 1. The lowest BCUT2D eigenvalue weighted by molar-refractivity contribution is 0.0519. The van der Waals surface area contributed by atoms with Gasteiger partial charge in [-0.15, -0.1) is 0 Å². The van der Waals surface area contributed by atoms with Crippen LogP contribution in [0.1, 0.15) is 66.7 Å². The van der Waals surface area contributed by atoms with Crippen LogP contribution in [0.2, 0.25) is 0 Å². The van der Waals surface area contributed by atoms with Crippen molar-refractivity contribution < 1.29 is 23.9 Å². The average molecular weight is 396 g/mol. The summed E-state index contributed by atoms with van der Waals surface area (Å²) in [7, 11) is 1.54. The van der Waals surface area contributed by atoms with Crippen molar-refractivity contribution in [1.82, 2.24) is 15.2 Å². The van der Waals surface area contributed by atoms with Gasteiger partial charge in [0.2, 0.25) is 0 Å². The summed E-state index contributed by atoms with van der Waals surface area (Å²) in [6.45, 7) is 13.2. The fourth-order valence-corrected chi connectivity index (χ4v) is 2.93. The molecule has 0 spiro atoms. The summed E-state index contributed by atoms with van der Waals surface area (Å²) in [5.41, 5.74) is 1.32. The van der Waals surface area contributed by atoms with Crippen molar-refractivity contribution in [2.24, 2.45) is 0 Å². The van der Waals surface area contributed by atoms with Crippen molar-refractivity contribution in [3.05, 3.63) is 22.5 Å². The molecular formula is C20H33N3O5. The normalized spacial score (nSPS) is 12.4. The molecule has 2 N–H and O–H groups in total. The van der Waals surface area contributed by atoms with E-state index in [1.807, 2.05) is 20.8 Å². The van der Waals surface area contributed by atoms with E-state index in [1.54, 1.807) is 34.8 Å². The molecule has 1 aromatic heterocycles. The fourth-order valence-electron chi connectivity index (χ4n) is 2.93. The standard InChI is InChI=1S/C20H33N3O5/c1-9-28-18(25)16-12(2)15(13(3)21-16)17(24)14(4)23(10-11-27-8)19(26)22-20(5,6)7/h14,21H,9-11H2,1-8H3,(H,22,26). The van der Waals surface area contributed by atoms with Crippen LogP contribution in [-0.4, -0.2) is 66.1 Å². The first-order chi connectivity index (χ1) is 12.9. The predicted molar refractivity (Wildman–Crippen MR) is 107 cm³/mol. The zero-order valence-electron chi connectivity index (χ0n) is 18.2. The number of nitrogens with one attached hydrogen (secondary N) is 2. The summed E-state index contributed by atoms with van der Waals surface area (Å²) in [5, 5.41) is 2.88. The number of carbonyl (C=O) groups excluding carboxylic acids is 3. The Balaban J connectivity index is 3.19. The smallest absolute Gasteiger partial charge is 0.355 e. The molecule has 0 saturated carbocycles. The molecule has 8 nitrogen and oxygen atoms in total. The molecule has 0 fully saturated rings. The Hall–Kier alpha value is -2.35. The molecule has 1 atom stereocenters. The summed E-state index contributed by atoms with van der Waals surface area (Å²) < 4.78 is 10.1. The monoisotopic (exact) mass is 395 g/mol. The van der Waals surface area contributed by atoms with Crippen molar-refractivity contribution in [3.63, 3.8) is 0 Å². The number of methoxy groups -OCH3 is 1. The molecule has 158 valence electrons. The van der Waals surface area contributed by atoms with Crippen LogP contribution < -0.4 is 5.32 Å². The molecule has 8 heteroatoms. The van der Waals surface area contributed by atoms with Gasteiger partial charge in [0.05, 0.1) is 19.3 Å². The average Bonchev–Trinajstić information content (AvgIpc) is 2.87. The number of ether oxygens (including phenoxy) is 2. The summed E-state index contributed by atoms with van der Waals surface area (Å²) in [6.07, 6.45) is 0. The number of aromatic nitrogens is 1. The minimum Gasteiger partial charge on any atom is -0.461 e. The van der Waals surface area contributed by atoms with Gasteiger partial charge in [-0.2, -0.15) is 0 Å². The number of aryl methyl sites for hydroxylation is 1. The highest BCUT2D eigenvalue weighted by Gasteiger charge is 2.32. The van der Waals surface area contributed by atoms with E-state index in [-0.39, 0.29) is 30.7 Å². The maximum absolute atomic E-state index is 13.2. The van der Waals surface area contributed by atoms with E-state index in [1.165, 1.54) is 4.90 Å². The van der Waals surface area contributed by atoms with Crippen molar-refractivity contribution in [2.45, 2.75) is 60.0 Å². The number of carbonyl (C=O) groups is 3. The molecule has 2 amide bonds. The lowest BCUT2D eigenvalue weighted by Gasteiger charge is -2.32. The van der Waals surface area contributed by atoms with Crippen LogP contribution in [0.25, 0.3) is 0 Å². The molecule has 1 aromatic rings. The minimum absolute atomic E-state index is 0.244. The quantitative estimate of drug-likeness (QED) is 0.521. The molecule has 0 aliphatic carbocycles. The zero-order valence-corrected chi connectivity index (χ0v) is 18.2. The second kappa shape index (κ2) is 9.73. The topological polar surface area (TPSA) is 101 Å². The number of H-pyrrole nitrogens is 1. The Morgan fingerprint density at radius 3 is 2.32 bits per heavy atom. The fraction of sp³-hybridized carbons (Fsp3) is 0.650. The Kier molecular flexibility index (Phi) is 8.23. The highest BCUT2D eigenvalue weighted by Crippen LogP contribution is 2.22. The second-order valence-electron chi connectivity index (χ2n) is 7.75. The molecule has 0 bridgehead atoms. The van der Waals surface area contributed by atoms with E-state index < -0.39 is 17.6 Å². The van der Waals surface area contributed by atoms with Crippen LogP contribution in [0, 0.1) is 13.8 Å². The van der Waals surface area contributed by atoms with Crippen LogP contribution in [0.15, 0.2) is 0 Å². The van der Waals surface area contributed by atoms with Gasteiger partial charge < -0.3 is 24.7 Å². The van der Waals surface area contributed by atoms with E-state index >= 15 is 0 Å². The van der Waals surface area contributed by atoms with Crippen molar-refractivity contribution in [3.8, 4) is 0 Å². The number of hydrogen-bond acceptors (Lipinski definition) is 5. The first-order valence-corrected chi connectivity index (χ1v) is 9.42. The van der Waals surface area contributed by atoms with Gasteiger partial charge in [0.25, 0.3) is 0 Å². The maximum Gasteiger partial charge on any atom is 0.355 e. The minimum atomic E-state index is -0.735. The highest BCUT2D eigenvalue weighted by atomic mass is 16.5. The third kappa shape index (κ3) is 5.82. The zero-order chi connectivity index (χ0) is 21.6. The number of esters is 1. The van der Waals surface area contributed by atoms with Gasteiger partial charge in [-0.05, 0) is 54.0 Å². The lowest BCUT2D eigenvalue weighted by atomic mass is 10.00. The second-order valence-corrected chi connectivity index (χ2v) is 7.75. The predicted octanol–water partition coefficient (Wildman–Crippen LogP) is 2.84. The summed E-state index contributed by atoms with van der Waals surface area (Å²) in [5.74, 6) is -0.751. The van der Waals surface area contributed by atoms with Gasteiger partial charge in [0.1, 0.15) is 5.69 Å². The van der Waals surface area contributed by atoms with Crippen LogP contribution in [-0.2, 0) is 9.47 Å². The van der Waals surface area contributed by atoms with Crippen LogP contribution in [0.5, 0.6) is 0 Å². The third-order valence-electron chi connectivity index (χ3n) is 4.29. The third-order valence-corrected chi connectivity index (χ3v) is 4.29. The molecule has 0 saturated heterocycles. The number of rotatable bonds is 8. The van der Waals surface area contributed by atoms with E-state index in [9.17, 15) is 14.4 Å². The summed E-state index contributed by atoms with van der Waals surface area (Å²) >= 11 is 0. The van der Waals surface area contributed by atoms with Gasteiger partial charge in [-0.1, -0.05) is 0 Å². The van der Waals surface area contributed by atoms with E-state index in [0.717, 1.165) is 0 Å². The number of Topliss-reactive ketones (excluding diaryl/α,β-unsaturated/α-hetero) is 1. The van der Waals surface area contributed by atoms with Crippen molar-refractivity contribution in [1.29, 1.82) is 0 Å². The summed E-state index contributed by atoms with van der Waals surface area (Å²) in [4.78, 5) is 42.5. The highest BCUT2D eigenvalue weighted by molar-refractivity contribution is 6.06. The Labute approximate surface area is 167 Å². The van der Waals surface area contributed by atoms with Crippen molar-refractivity contribution >= 4 is 17.8 Å². The Morgan fingerprint density at radius 1 is 1.21 bits per heavy atom. The molecule has 1 rings (SSSR count). The summed E-state index contributed by atoms with van der Waals surface area (Å²) in [6, 6.07) is -1.08. The van der Waals surface area contributed by atoms with Crippen LogP contribution >= 0.6 is 0 Å². The van der Waals surface area contributed by atoms with E-state index in [0.29, 0.717) is 23.4 Å². The van der Waals surface area contributed by atoms with Crippen molar-refractivity contribution in [2.75, 3.05) is 26.9 Å². The number of amides is 2. The number of hydrogen-bond donors (Lipinski definition) is 2. The van der Waals surface area contributed by atoms with Gasteiger partial charge >= 0.3 is 12.0 Å². The first kappa shape index (κ1) is 23.7. The van der Waals surface area contributed by atoms with E-state index in [2.05, 4.69) is 10.3 Å². The first-order valence-electron chi connectivity index (χ1n) is 9.42. The molecule has 0 aliphatic heterocycles. The van der Waals surface area contributed by atoms with Crippen LogP contribution in [0.4, 0.5) is 4.79 Å². The number of aromatic amines is 1. The van der Waals surface area contributed by atoms with Gasteiger partial charge in [0.15, 0.2) is 5.78 Å². The van der Waals surface area contributed by atoms with Gasteiger partial charge in [-0.25, -0.2) is 9.59 Å². The molecule has 0 aromatic carbocycles. The largest absolute Gasteiger partial charge is 0.461 e. The molecular weight excluding hydrogens is 362 g/mol. The molecule has 1 unspecified atom stereocenters. The van der Waals surface area contributed by atoms with Crippen LogP contribution in [0.3, 0.4) is 0 Å². The van der Waals surface area contributed by atoms with Gasteiger partial charge in [-0.3, -0.25) is 4.79 Å². The van der Waals surface area contributed by atoms with E-state index in [4.69, 9.17) is 9.47 Å². The Bertz CT molecular complexity index is 718. The maximum atomic E-state index is 13.2. The molecule has 1 heterocycles. The Morgan fingerprint density at radius 2 is 1.82 bits per heavy atom. The number of ketones is 1. The molecule has 0 aliphatic rings. The molecule has 0 radical (unpaired) electrons. The molecule has 28 heavy (non-hydrogen) atoms. The lowest BCUT2D eigenvalue weighted by Crippen LogP contribution is -2.54. The number of urea groups is 1.